The van der Waals surface area contributed by atoms with E-state index in [1.807, 2.05) is 47.4 Å². The molecular weight excluding hydrogens is 566 g/mol. The number of nitrogen functional groups attached to an aromatic ring is 1. The minimum Gasteiger partial charge on any atom is -0.382 e. The van der Waals surface area contributed by atoms with Crippen LogP contribution >= 0.6 is 0 Å². The minimum atomic E-state index is -3.74. The van der Waals surface area contributed by atoms with E-state index in [1.165, 1.54) is 4.52 Å². The number of amides is 1. The number of hydrogen-bond donors (Lipinski definition) is 2. The van der Waals surface area contributed by atoms with Crippen LogP contribution in [0.4, 0.5) is 5.82 Å². The molecule has 12 nitrogen and oxygen atoms in total. The van der Waals surface area contributed by atoms with E-state index in [-0.39, 0.29) is 41.0 Å². The van der Waals surface area contributed by atoms with E-state index in [9.17, 15) is 13.2 Å². The zero-order valence-corrected chi connectivity index (χ0v) is 24.6. The molecule has 2 fully saturated rings. The number of pyridine rings is 1. The van der Waals surface area contributed by atoms with Gasteiger partial charge in [0.05, 0.1) is 24.0 Å². The van der Waals surface area contributed by atoms with Crippen LogP contribution in [0.15, 0.2) is 59.8 Å². The van der Waals surface area contributed by atoms with Crippen molar-refractivity contribution in [1.29, 1.82) is 0 Å². The number of benzene rings is 1. The maximum atomic E-state index is 13.3. The van der Waals surface area contributed by atoms with Crippen molar-refractivity contribution in [3.8, 4) is 22.4 Å². The molecule has 5 aromatic rings. The van der Waals surface area contributed by atoms with E-state index in [2.05, 4.69) is 25.3 Å². The number of piperidine rings is 1. The lowest BCUT2D eigenvalue weighted by molar-refractivity contribution is -0.135. The second-order valence-electron chi connectivity index (χ2n) is 11.4. The highest BCUT2D eigenvalue weighted by Crippen LogP contribution is 2.45. The number of nitrogens with zero attached hydrogens (tertiary/aromatic N) is 7. The Balaban J connectivity index is 1.24. The molecule has 0 spiro atoms. The summed E-state index contributed by atoms with van der Waals surface area (Å²) in [5, 5.41) is 11.3. The van der Waals surface area contributed by atoms with E-state index in [0.717, 1.165) is 35.9 Å². The first-order chi connectivity index (χ1) is 20.7. The van der Waals surface area contributed by atoms with Crippen molar-refractivity contribution in [3.63, 3.8) is 0 Å². The third-order valence-electron chi connectivity index (χ3n) is 8.54. The van der Waals surface area contributed by atoms with Gasteiger partial charge in [0.2, 0.25) is 5.91 Å². The number of fused-ring (bicyclic) bond motifs is 3. The van der Waals surface area contributed by atoms with Crippen molar-refractivity contribution in [2.75, 3.05) is 12.0 Å². The average molecular weight is 598 g/mol. The first kappa shape index (κ1) is 27.2. The maximum absolute atomic E-state index is 13.3. The SMILES string of the molecule is Cc1nc(CC(=O)N2C3CC[C@H]2CC(c2nc4c(-c5ccc(-c6ccccc6)nc5)cnn4c(N)c2S(C)(=O)=O)C3)n[nH]1. The summed E-state index contributed by atoms with van der Waals surface area (Å²) in [5.74, 6) is 0.974. The molecule has 6 heterocycles. The van der Waals surface area contributed by atoms with E-state index in [1.54, 1.807) is 19.3 Å². The summed E-state index contributed by atoms with van der Waals surface area (Å²) in [6.45, 7) is 1.80. The fourth-order valence-corrected chi connectivity index (χ4v) is 7.77. The Morgan fingerprint density at radius 2 is 1.77 bits per heavy atom. The number of carbonyl (C=O) groups excluding carboxylic acids is 1. The number of aromatic nitrogens is 7. The Morgan fingerprint density at radius 3 is 2.40 bits per heavy atom. The summed E-state index contributed by atoms with van der Waals surface area (Å²) in [4.78, 5) is 29.2. The molecule has 13 heteroatoms. The fourth-order valence-electron chi connectivity index (χ4n) is 6.71. The zero-order valence-electron chi connectivity index (χ0n) is 23.8. The maximum Gasteiger partial charge on any atom is 0.230 e. The van der Waals surface area contributed by atoms with Crippen LogP contribution in [0.2, 0.25) is 0 Å². The van der Waals surface area contributed by atoms with Gasteiger partial charge in [0.25, 0.3) is 0 Å². The Labute approximate surface area is 248 Å². The molecule has 1 amide bonds. The molecular formula is C30H31N9O3S. The number of anilines is 1. The van der Waals surface area contributed by atoms with E-state index in [0.29, 0.717) is 41.4 Å². The van der Waals surface area contributed by atoms with Crippen LogP contribution in [-0.4, -0.2) is 72.3 Å². The van der Waals surface area contributed by atoms with Crippen LogP contribution in [0, 0.1) is 6.92 Å². The van der Waals surface area contributed by atoms with Crippen LogP contribution in [0.1, 0.15) is 48.9 Å². The molecule has 2 aliphatic heterocycles. The summed E-state index contributed by atoms with van der Waals surface area (Å²) in [6.07, 6.45) is 7.58. The lowest BCUT2D eigenvalue weighted by Gasteiger charge is -2.39. The highest BCUT2D eigenvalue weighted by atomic mass is 32.2. The van der Waals surface area contributed by atoms with Crippen LogP contribution in [-0.2, 0) is 21.1 Å². The minimum absolute atomic E-state index is 0.00701. The number of sulfone groups is 1. The largest absolute Gasteiger partial charge is 0.382 e. The van der Waals surface area contributed by atoms with Crippen molar-refractivity contribution in [1.82, 2.24) is 39.7 Å². The first-order valence-corrected chi connectivity index (χ1v) is 16.1. The number of rotatable bonds is 6. The molecule has 43 heavy (non-hydrogen) atoms. The van der Waals surface area contributed by atoms with Crippen molar-refractivity contribution in [2.24, 2.45) is 0 Å². The molecule has 3 N–H and O–H groups in total. The molecule has 220 valence electrons. The van der Waals surface area contributed by atoms with Crippen molar-refractivity contribution >= 4 is 27.2 Å². The van der Waals surface area contributed by atoms with Crippen LogP contribution in [0.3, 0.4) is 0 Å². The van der Waals surface area contributed by atoms with Gasteiger partial charge in [-0.25, -0.2) is 18.4 Å². The van der Waals surface area contributed by atoms with Crippen molar-refractivity contribution in [2.45, 2.75) is 61.9 Å². The van der Waals surface area contributed by atoms with Gasteiger partial charge < -0.3 is 10.6 Å². The summed E-state index contributed by atoms with van der Waals surface area (Å²) < 4.78 is 27.6. The number of aromatic amines is 1. The lowest BCUT2D eigenvalue weighted by atomic mass is 9.87. The molecule has 2 saturated heterocycles. The monoisotopic (exact) mass is 597 g/mol. The highest BCUT2D eigenvalue weighted by molar-refractivity contribution is 7.91. The quantitative estimate of drug-likeness (QED) is 0.299. The molecule has 2 unspecified atom stereocenters. The van der Waals surface area contributed by atoms with Gasteiger partial charge in [0.15, 0.2) is 21.3 Å². The Bertz CT molecular complexity index is 1940. The van der Waals surface area contributed by atoms with Gasteiger partial charge in [-0.2, -0.15) is 14.7 Å². The second-order valence-corrected chi connectivity index (χ2v) is 13.4. The van der Waals surface area contributed by atoms with Gasteiger partial charge in [0, 0.05) is 47.1 Å². The molecule has 2 aliphatic rings. The Kier molecular flexibility index (Phi) is 6.49. The zero-order chi connectivity index (χ0) is 29.9. The molecule has 2 bridgehead atoms. The van der Waals surface area contributed by atoms with Crippen LogP contribution in [0.25, 0.3) is 28.0 Å². The molecule has 7 rings (SSSR count). The number of aryl methyl sites for hydroxylation is 1. The number of nitrogens with two attached hydrogens (primary N) is 1. The molecule has 0 saturated carbocycles. The molecule has 0 aliphatic carbocycles. The standard InChI is InChI=1S/C30H31N9O3S/c1-17-34-25(37-36-17)14-26(40)38-21-9-10-22(38)13-20(12-21)27-28(43(2,41)42)29(31)39-30(35-27)23(16-33-39)19-8-11-24(32-15-19)18-6-4-3-5-7-18/h3-8,11,15-16,20-22H,9-10,12-14,31H2,1-2H3,(H,34,36,37)/t20?,21-,22?/m0/s1. The predicted octanol–water partition coefficient (Wildman–Crippen LogP) is 3.35. The normalized spacial score (nSPS) is 20.1. The first-order valence-electron chi connectivity index (χ1n) is 14.3. The Morgan fingerprint density at radius 1 is 1.02 bits per heavy atom. The number of hydrogen-bond acceptors (Lipinski definition) is 9. The van der Waals surface area contributed by atoms with Gasteiger partial charge in [-0.05, 0) is 38.7 Å². The van der Waals surface area contributed by atoms with E-state index >= 15 is 0 Å². The lowest BCUT2D eigenvalue weighted by Crippen LogP contribution is -2.47. The van der Waals surface area contributed by atoms with Crippen molar-refractivity contribution in [3.05, 3.63) is 72.2 Å². The Hall–Kier alpha value is -4.65. The average Bonchev–Trinajstić information content (AvgIpc) is 3.68. The fraction of sp³-hybridized carbons (Fsp3) is 0.333. The summed E-state index contributed by atoms with van der Waals surface area (Å²) in [5.41, 5.74) is 10.8. The van der Waals surface area contributed by atoms with E-state index in [4.69, 9.17) is 10.7 Å². The number of H-pyrrole nitrogens is 1. The predicted molar refractivity (Wildman–Crippen MR) is 160 cm³/mol. The van der Waals surface area contributed by atoms with Gasteiger partial charge in [0.1, 0.15) is 16.5 Å². The summed E-state index contributed by atoms with van der Waals surface area (Å²) in [6, 6.07) is 13.7. The topological polar surface area (TPSA) is 165 Å². The highest BCUT2D eigenvalue weighted by Gasteiger charge is 2.45. The summed E-state index contributed by atoms with van der Waals surface area (Å²) >= 11 is 0. The van der Waals surface area contributed by atoms with Crippen LogP contribution in [0.5, 0.6) is 0 Å². The second kappa shape index (κ2) is 10.3. The van der Waals surface area contributed by atoms with Gasteiger partial charge in [-0.15, -0.1) is 0 Å². The molecule has 1 aromatic carbocycles. The smallest absolute Gasteiger partial charge is 0.230 e. The number of carbonyl (C=O) groups is 1. The molecule has 0 radical (unpaired) electrons. The summed E-state index contributed by atoms with van der Waals surface area (Å²) in [7, 11) is -3.74. The third-order valence-corrected chi connectivity index (χ3v) is 9.70. The van der Waals surface area contributed by atoms with Crippen molar-refractivity contribution < 1.29 is 13.2 Å². The van der Waals surface area contributed by atoms with Gasteiger partial charge >= 0.3 is 0 Å². The molecule has 3 atom stereocenters. The molecule has 4 aromatic heterocycles. The number of nitrogens with one attached hydrogen (secondary N) is 1. The van der Waals surface area contributed by atoms with Crippen LogP contribution < -0.4 is 5.73 Å². The van der Waals surface area contributed by atoms with Gasteiger partial charge in [-0.3, -0.25) is 14.9 Å². The van der Waals surface area contributed by atoms with Gasteiger partial charge in [-0.1, -0.05) is 36.4 Å². The third kappa shape index (κ3) is 4.83. The van der Waals surface area contributed by atoms with E-state index < -0.39 is 9.84 Å².